The van der Waals surface area contributed by atoms with E-state index in [1.807, 2.05) is 97.1 Å². The fourth-order valence-corrected chi connectivity index (χ4v) is 12.2. The SMILES string of the molecule is O=C1C(c2ccc3c(S(=O)(=O)O)ccc4c3c2NC2(N4)c3ccccc3-c3ccccc32)=C(O)C1=c1ccc2c(S(=O)(=O)O)ccc3c2c1=NC1(N3)c2ccccc2-c2ccccc21. The van der Waals surface area contributed by atoms with Gasteiger partial charge in [-0.25, -0.2) is 4.99 Å². The van der Waals surface area contributed by atoms with Gasteiger partial charge in [0.15, 0.2) is 11.3 Å². The molecule has 0 radical (unpaired) electrons. The first-order valence-electron chi connectivity index (χ1n) is 20.3. The van der Waals surface area contributed by atoms with Crippen LogP contribution in [0.25, 0.3) is 54.9 Å². The van der Waals surface area contributed by atoms with Crippen LogP contribution in [0.2, 0.25) is 0 Å². The largest absolute Gasteiger partial charge is 0.506 e. The number of carbonyl (C=O) groups excluding carboxylic acids is 1. The third-order valence-electron chi connectivity index (χ3n) is 13.4. The van der Waals surface area contributed by atoms with Crippen LogP contribution in [0.5, 0.6) is 0 Å². The summed E-state index contributed by atoms with van der Waals surface area (Å²) in [4.78, 5) is 19.8. The minimum absolute atomic E-state index is 0.0429. The molecule has 14 heteroatoms. The van der Waals surface area contributed by atoms with Crippen molar-refractivity contribution in [1.29, 1.82) is 0 Å². The number of nitrogens with zero attached hydrogens (tertiary/aromatic N) is 1. The molecule has 12 nitrogen and oxygen atoms in total. The normalized spacial score (nSPS) is 17.5. The van der Waals surface area contributed by atoms with Crippen molar-refractivity contribution < 1.29 is 35.8 Å². The molecule has 0 saturated carbocycles. The maximum Gasteiger partial charge on any atom is 0.295 e. The van der Waals surface area contributed by atoms with E-state index in [2.05, 4.69) is 16.0 Å². The van der Waals surface area contributed by atoms with E-state index in [0.717, 1.165) is 44.5 Å². The van der Waals surface area contributed by atoms with Gasteiger partial charge in [-0.3, -0.25) is 13.9 Å². The molecule has 3 aliphatic carbocycles. The lowest BCUT2D eigenvalue weighted by molar-refractivity contribution is -0.109. The molecular formula is C50H30N4O8S2. The maximum atomic E-state index is 15.0. The number of aliphatic hydroxyl groups is 1. The molecule has 0 saturated heterocycles. The molecule has 13 rings (SSSR count). The highest BCUT2D eigenvalue weighted by atomic mass is 32.2. The number of ketones is 1. The molecule has 0 unspecified atom stereocenters. The molecule has 5 aliphatic rings. The number of Topliss-reactive ketones (excluding diaryl/α,β-unsaturated/α-hetero) is 1. The second-order valence-electron chi connectivity index (χ2n) is 16.5. The molecule has 8 aromatic carbocycles. The Kier molecular flexibility index (Phi) is 6.99. The van der Waals surface area contributed by atoms with Gasteiger partial charge in [0, 0.05) is 66.0 Å². The minimum atomic E-state index is -4.71. The van der Waals surface area contributed by atoms with E-state index >= 15 is 4.79 Å². The van der Waals surface area contributed by atoms with Crippen molar-refractivity contribution in [3.8, 4) is 22.3 Å². The lowest BCUT2D eigenvalue weighted by atomic mass is 9.79. The summed E-state index contributed by atoms with van der Waals surface area (Å²) in [5.41, 5.74) is 6.45. The van der Waals surface area contributed by atoms with Crippen molar-refractivity contribution in [3.05, 3.63) is 190 Å². The van der Waals surface area contributed by atoms with Gasteiger partial charge in [-0.1, -0.05) is 121 Å². The number of fused-ring (bicyclic) bond motifs is 10. The summed E-state index contributed by atoms with van der Waals surface area (Å²) in [7, 11) is -9.42. The zero-order valence-electron chi connectivity index (χ0n) is 33.0. The number of allylic oxidation sites excluding steroid dienone is 2. The lowest BCUT2D eigenvalue weighted by Gasteiger charge is -2.41. The topological polar surface area (TPSA) is 194 Å². The summed E-state index contributed by atoms with van der Waals surface area (Å²) < 4.78 is 71.8. The van der Waals surface area contributed by atoms with Crippen molar-refractivity contribution in [2.24, 2.45) is 4.99 Å². The molecular weight excluding hydrogens is 849 g/mol. The van der Waals surface area contributed by atoms with Crippen LogP contribution in [-0.4, -0.2) is 36.8 Å². The molecule has 2 aliphatic heterocycles. The molecule has 0 bridgehead atoms. The second kappa shape index (κ2) is 12.1. The van der Waals surface area contributed by atoms with E-state index in [1.54, 1.807) is 18.2 Å². The zero-order valence-corrected chi connectivity index (χ0v) is 34.6. The number of benzene rings is 8. The third kappa shape index (κ3) is 4.56. The number of anilines is 3. The highest BCUT2D eigenvalue weighted by molar-refractivity contribution is 7.86. The van der Waals surface area contributed by atoms with Crippen molar-refractivity contribution in [3.63, 3.8) is 0 Å². The maximum absolute atomic E-state index is 15.0. The van der Waals surface area contributed by atoms with Crippen LogP contribution in [0.1, 0.15) is 27.8 Å². The standard InChI is InChI=1S/C50H30N4O8S2/c55-47-43(31-19-17-29-39(63(57,58)59)23-21-37-41(29)45(31)53-49(51-37)33-13-5-1-9-25(33)26-10-2-6-14-34(26)49)48(56)44(47)32-20-18-30-40(64(60,61)62)24-22-38-42(30)46(32)54-50(52-38)35-15-7-3-11-27(35)28-12-4-8-16-36(28)50/h1-24,51-53,55H,(H,57,58,59)(H,60,61,62). The Morgan fingerprint density at radius 2 is 0.969 bits per heavy atom. The first-order valence-corrected chi connectivity index (χ1v) is 23.1. The average molecular weight is 879 g/mol. The molecule has 0 atom stereocenters. The smallest absolute Gasteiger partial charge is 0.295 e. The van der Waals surface area contributed by atoms with Gasteiger partial charge in [0.1, 0.15) is 15.6 Å². The summed E-state index contributed by atoms with van der Waals surface area (Å²) in [6, 6.07) is 43.3. The fourth-order valence-electron chi connectivity index (χ4n) is 10.8. The Morgan fingerprint density at radius 1 is 0.484 bits per heavy atom. The second-order valence-corrected chi connectivity index (χ2v) is 19.3. The van der Waals surface area contributed by atoms with Crippen molar-refractivity contribution in [1.82, 2.24) is 0 Å². The number of rotatable bonds is 3. The third-order valence-corrected chi connectivity index (χ3v) is 15.2. The predicted molar refractivity (Wildman–Crippen MR) is 242 cm³/mol. The van der Waals surface area contributed by atoms with Crippen molar-refractivity contribution in [2.45, 2.75) is 21.1 Å². The minimum Gasteiger partial charge on any atom is -0.506 e. The molecule has 8 aromatic rings. The lowest BCUT2D eigenvalue weighted by Crippen LogP contribution is -2.45. The Morgan fingerprint density at radius 3 is 1.52 bits per heavy atom. The molecule has 0 fully saturated rings. The summed E-state index contributed by atoms with van der Waals surface area (Å²) in [5, 5.41) is 24.8. The van der Waals surface area contributed by atoms with Crippen molar-refractivity contribution >= 4 is 75.8 Å². The van der Waals surface area contributed by atoms with Gasteiger partial charge < -0.3 is 21.1 Å². The Balaban J connectivity index is 1.10. The Labute approximate surface area is 364 Å². The van der Waals surface area contributed by atoms with Gasteiger partial charge in [-0.05, 0) is 46.5 Å². The van der Waals surface area contributed by atoms with Gasteiger partial charge >= 0.3 is 0 Å². The van der Waals surface area contributed by atoms with Crippen LogP contribution in [0.3, 0.4) is 0 Å². The average Bonchev–Trinajstić information content (AvgIpc) is 3.70. The molecule has 310 valence electrons. The quantitative estimate of drug-likeness (QED) is 0.0948. The monoisotopic (exact) mass is 878 g/mol. The highest BCUT2D eigenvalue weighted by Gasteiger charge is 2.49. The van der Waals surface area contributed by atoms with Crippen LogP contribution >= 0.6 is 0 Å². The molecule has 0 aromatic heterocycles. The van der Waals surface area contributed by atoms with E-state index in [0.29, 0.717) is 27.8 Å². The Hall–Kier alpha value is -7.62. The van der Waals surface area contributed by atoms with Crippen LogP contribution in [0.15, 0.2) is 166 Å². The number of nitrogens with one attached hydrogen (secondary N) is 3. The molecule has 0 amide bonds. The van der Waals surface area contributed by atoms with Gasteiger partial charge in [0.2, 0.25) is 5.78 Å². The van der Waals surface area contributed by atoms with E-state index in [4.69, 9.17) is 4.99 Å². The first-order chi connectivity index (χ1) is 30.8. The van der Waals surface area contributed by atoms with Gasteiger partial charge in [0.05, 0.1) is 22.2 Å². The number of hydrogen-bond acceptors (Lipinski definition) is 10. The summed E-state index contributed by atoms with van der Waals surface area (Å²) in [6.45, 7) is 0. The Bertz CT molecular complexity index is 3900. The van der Waals surface area contributed by atoms with Crippen LogP contribution in [0.4, 0.5) is 17.1 Å². The predicted octanol–water partition coefficient (Wildman–Crippen LogP) is 7.84. The fraction of sp³-hybridized carbons (Fsp3) is 0.0400. The molecule has 2 spiro atoms. The van der Waals surface area contributed by atoms with Gasteiger partial charge in [-0.15, -0.1) is 0 Å². The number of carbonyl (C=O) groups is 1. The molecule has 6 N–H and O–H groups in total. The van der Waals surface area contributed by atoms with Crippen LogP contribution < -0.4 is 26.5 Å². The molecule has 64 heavy (non-hydrogen) atoms. The van der Waals surface area contributed by atoms with E-state index in [9.17, 15) is 31.0 Å². The van der Waals surface area contributed by atoms with E-state index in [1.165, 1.54) is 30.3 Å². The van der Waals surface area contributed by atoms with Gasteiger partial charge in [-0.2, -0.15) is 16.8 Å². The first kappa shape index (κ1) is 37.0. The van der Waals surface area contributed by atoms with Crippen LogP contribution in [-0.2, 0) is 36.4 Å². The van der Waals surface area contributed by atoms with Crippen LogP contribution in [0, 0.1) is 0 Å². The summed E-state index contributed by atoms with van der Waals surface area (Å²) in [6.07, 6.45) is 0. The number of hydrogen-bond donors (Lipinski definition) is 6. The summed E-state index contributed by atoms with van der Waals surface area (Å²) >= 11 is 0. The van der Waals surface area contributed by atoms with E-state index in [-0.39, 0.29) is 53.6 Å². The van der Waals surface area contributed by atoms with Gasteiger partial charge in [0.25, 0.3) is 20.2 Å². The summed E-state index contributed by atoms with van der Waals surface area (Å²) in [5.74, 6) is -0.895. The van der Waals surface area contributed by atoms with Crippen molar-refractivity contribution in [2.75, 3.05) is 16.0 Å². The highest BCUT2D eigenvalue weighted by Crippen LogP contribution is 2.56. The number of aliphatic hydroxyl groups excluding tert-OH is 1. The molecule has 2 heterocycles. The zero-order chi connectivity index (χ0) is 43.7. The van der Waals surface area contributed by atoms with E-state index < -0.39 is 37.3 Å².